The number of nitrogens with zero attached hydrogens (tertiary/aromatic N) is 2. The fourth-order valence-electron chi connectivity index (χ4n) is 2.20. The minimum Gasteiger partial charge on any atom is -0.346 e. The van der Waals surface area contributed by atoms with Gasteiger partial charge in [-0.05, 0) is 24.2 Å². The van der Waals surface area contributed by atoms with Crippen molar-refractivity contribution in [1.82, 2.24) is 15.2 Å². The van der Waals surface area contributed by atoms with Crippen molar-refractivity contribution in [1.29, 1.82) is 0 Å². The number of benzene rings is 1. The van der Waals surface area contributed by atoms with Crippen LogP contribution in [0.1, 0.15) is 5.56 Å². The minimum absolute atomic E-state index is 0.651. The lowest BCUT2D eigenvalue weighted by Gasteiger charge is -2.35. The molecule has 0 unspecified atom stereocenters. The molecule has 98 valence electrons. The summed E-state index contributed by atoms with van der Waals surface area (Å²) in [6, 6.07) is 10.6. The topological polar surface area (TPSA) is 44.5 Å². The van der Waals surface area contributed by atoms with E-state index in [0.717, 1.165) is 39.1 Å². The van der Waals surface area contributed by atoms with Gasteiger partial charge in [-0.25, -0.2) is 5.84 Å². The summed E-state index contributed by atoms with van der Waals surface area (Å²) < 4.78 is 0. The quantitative estimate of drug-likeness (QED) is 0.475. The number of piperazine rings is 1. The fraction of sp³-hybridized carbons (Fsp3) is 0.462. The van der Waals surface area contributed by atoms with Crippen LogP contribution in [0.5, 0.6) is 0 Å². The highest BCUT2D eigenvalue weighted by Gasteiger charge is 2.17. The molecular weight excluding hydrogens is 244 g/mol. The smallest absolute Gasteiger partial charge is 0.183 e. The van der Waals surface area contributed by atoms with Crippen LogP contribution in [-0.2, 0) is 6.42 Å². The molecule has 0 aromatic heterocycles. The Morgan fingerprint density at radius 1 is 1.17 bits per heavy atom. The van der Waals surface area contributed by atoms with Crippen LogP contribution in [-0.4, -0.2) is 47.6 Å². The lowest BCUT2D eigenvalue weighted by atomic mass is 10.1. The van der Waals surface area contributed by atoms with Gasteiger partial charge < -0.3 is 10.3 Å². The number of hydrogen-bond donors (Lipinski definition) is 2. The van der Waals surface area contributed by atoms with E-state index < -0.39 is 0 Å². The number of thiocarbonyl (C=S) groups is 1. The van der Waals surface area contributed by atoms with Gasteiger partial charge in [0.25, 0.3) is 0 Å². The van der Waals surface area contributed by atoms with Gasteiger partial charge in [0.05, 0.1) is 0 Å². The van der Waals surface area contributed by atoms with E-state index in [1.165, 1.54) is 5.56 Å². The van der Waals surface area contributed by atoms with Gasteiger partial charge in [0.1, 0.15) is 0 Å². The zero-order valence-electron chi connectivity index (χ0n) is 10.5. The molecule has 1 aliphatic rings. The molecule has 18 heavy (non-hydrogen) atoms. The number of hydrazine groups is 1. The summed E-state index contributed by atoms with van der Waals surface area (Å²) in [6.45, 7) is 5.12. The molecule has 0 amide bonds. The molecule has 1 fully saturated rings. The van der Waals surface area contributed by atoms with Crippen molar-refractivity contribution in [3.63, 3.8) is 0 Å². The lowest BCUT2D eigenvalue weighted by molar-refractivity contribution is 0.183. The van der Waals surface area contributed by atoms with Gasteiger partial charge >= 0.3 is 0 Å². The summed E-state index contributed by atoms with van der Waals surface area (Å²) in [5.41, 5.74) is 3.95. The molecule has 0 bridgehead atoms. The lowest BCUT2D eigenvalue weighted by Crippen LogP contribution is -2.53. The molecule has 0 spiro atoms. The normalized spacial score (nSPS) is 16.6. The van der Waals surface area contributed by atoms with E-state index in [2.05, 4.69) is 45.6 Å². The highest BCUT2D eigenvalue weighted by molar-refractivity contribution is 7.80. The van der Waals surface area contributed by atoms with Crippen LogP contribution in [0.15, 0.2) is 30.3 Å². The number of nitrogens with one attached hydrogen (secondary N) is 1. The van der Waals surface area contributed by atoms with Gasteiger partial charge in [-0.1, -0.05) is 30.3 Å². The Kier molecular flexibility index (Phi) is 4.92. The van der Waals surface area contributed by atoms with E-state index in [0.29, 0.717) is 5.11 Å². The predicted molar refractivity (Wildman–Crippen MR) is 78.1 cm³/mol. The molecule has 1 aromatic rings. The van der Waals surface area contributed by atoms with Gasteiger partial charge in [0.2, 0.25) is 0 Å². The van der Waals surface area contributed by atoms with Crippen LogP contribution in [0.3, 0.4) is 0 Å². The third-order valence-corrected chi connectivity index (χ3v) is 3.72. The molecule has 2 rings (SSSR count). The number of rotatable bonds is 3. The standard InChI is InChI=1S/C13H20N4S/c14-15-13(18)17-10-8-16(9-11-17)7-6-12-4-2-1-3-5-12/h1-5H,6-11,14H2,(H,15,18). The third-order valence-electron chi connectivity index (χ3n) is 3.34. The first-order valence-corrected chi connectivity index (χ1v) is 6.72. The number of hydrogen-bond acceptors (Lipinski definition) is 3. The van der Waals surface area contributed by atoms with Crippen LogP contribution >= 0.6 is 12.2 Å². The van der Waals surface area contributed by atoms with Crippen LogP contribution < -0.4 is 11.3 Å². The van der Waals surface area contributed by atoms with Crippen molar-refractivity contribution < 1.29 is 0 Å². The zero-order chi connectivity index (χ0) is 12.8. The van der Waals surface area contributed by atoms with Crippen LogP contribution in [0.4, 0.5) is 0 Å². The van der Waals surface area contributed by atoms with Crippen LogP contribution in [0.2, 0.25) is 0 Å². The minimum atomic E-state index is 0.651. The van der Waals surface area contributed by atoms with Crippen molar-refractivity contribution in [2.45, 2.75) is 6.42 Å². The van der Waals surface area contributed by atoms with Gasteiger partial charge in [0.15, 0.2) is 5.11 Å². The van der Waals surface area contributed by atoms with Gasteiger partial charge in [0, 0.05) is 32.7 Å². The largest absolute Gasteiger partial charge is 0.346 e. The van der Waals surface area contributed by atoms with Gasteiger partial charge in [-0.3, -0.25) is 4.90 Å². The predicted octanol–water partition coefficient (Wildman–Crippen LogP) is 0.595. The molecule has 0 aliphatic carbocycles. The highest BCUT2D eigenvalue weighted by atomic mass is 32.1. The van der Waals surface area contributed by atoms with Gasteiger partial charge in [-0.15, -0.1) is 0 Å². The van der Waals surface area contributed by atoms with Crippen molar-refractivity contribution in [2.24, 2.45) is 5.84 Å². The molecule has 4 nitrogen and oxygen atoms in total. The van der Waals surface area contributed by atoms with Crippen LogP contribution in [0.25, 0.3) is 0 Å². The monoisotopic (exact) mass is 264 g/mol. The molecule has 1 heterocycles. The first-order valence-electron chi connectivity index (χ1n) is 6.31. The maximum atomic E-state index is 5.33. The van der Waals surface area contributed by atoms with Crippen LogP contribution in [0, 0.1) is 0 Å². The Morgan fingerprint density at radius 3 is 2.44 bits per heavy atom. The molecule has 0 atom stereocenters. The van der Waals surface area contributed by atoms with Crippen molar-refractivity contribution in [2.75, 3.05) is 32.7 Å². The molecule has 1 saturated heterocycles. The average Bonchev–Trinajstić information content (AvgIpc) is 2.46. The second kappa shape index (κ2) is 6.68. The molecule has 0 saturated carbocycles. The van der Waals surface area contributed by atoms with E-state index in [1.807, 2.05) is 0 Å². The van der Waals surface area contributed by atoms with Crippen molar-refractivity contribution >= 4 is 17.3 Å². The molecule has 0 radical (unpaired) electrons. The molecule has 3 N–H and O–H groups in total. The first-order chi connectivity index (χ1) is 8.79. The second-order valence-electron chi connectivity index (χ2n) is 4.51. The fourth-order valence-corrected chi connectivity index (χ4v) is 2.38. The third kappa shape index (κ3) is 3.66. The summed E-state index contributed by atoms with van der Waals surface area (Å²) in [5.74, 6) is 5.33. The number of nitrogens with two attached hydrogens (primary N) is 1. The molecule has 1 aromatic carbocycles. The Balaban J connectivity index is 1.72. The Bertz CT molecular complexity index is 374. The summed E-state index contributed by atoms with van der Waals surface area (Å²) >= 11 is 5.13. The maximum absolute atomic E-state index is 5.33. The van der Waals surface area contributed by atoms with Crippen molar-refractivity contribution in [3.8, 4) is 0 Å². The molecule has 5 heteroatoms. The average molecular weight is 264 g/mol. The van der Waals surface area contributed by atoms with Gasteiger partial charge in [-0.2, -0.15) is 0 Å². The Labute approximate surface area is 114 Å². The summed E-state index contributed by atoms with van der Waals surface area (Å²) in [5, 5.41) is 0.651. The molecular formula is C13H20N4S. The van der Waals surface area contributed by atoms with E-state index in [4.69, 9.17) is 18.1 Å². The Morgan fingerprint density at radius 2 is 1.83 bits per heavy atom. The summed E-state index contributed by atoms with van der Waals surface area (Å²) in [6.07, 6.45) is 1.11. The molecule has 1 aliphatic heterocycles. The van der Waals surface area contributed by atoms with E-state index >= 15 is 0 Å². The second-order valence-corrected chi connectivity index (χ2v) is 4.90. The van der Waals surface area contributed by atoms with E-state index in [9.17, 15) is 0 Å². The van der Waals surface area contributed by atoms with Crippen molar-refractivity contribution in [3.05, 3.63) is 35.9 Å². The Hall–Kier alpha value is -1.17. The summed E-state index contributed by atoms with van der Waals surface area (Å²) in [7, 11) is 0. The summed E-state index contributed by atoms with van der Waals surface area (Å²) in [4.78, 5) is 4.59. The highest BCUT2D eigenvalue weighted by Crippen LogP contribution is 2.05. The zero-order valence-corrected chi connectivity index (χ0v) is 11.3. The first kappa shape index (κ1) is 13.3. The van der Waals surface area contributed by atoms with E-state index in [-0.39, 0.29) is 0 Å². The maximum Gasteiger partial charge on any atom is 0.183 e. The SMILES string of the molecule is NNC(=S)N1CCN(CCc2ccccc2)CC1. The van der Waals surface area contributed by atoms with E-state index in [1.54, 1.807) is 0 Å².